The molecule has 0 saturated carbocycles. The van der Waals surface area contributed by atoms with E-state index in [0.717, 1.165) is 50.0 Å². The summed E-state index contributed by atoms with van der Waals surface area (Å²) in [6.45, 7) is 5.00. The van der Waals surface area contributed by atoms with E-state index in [0.29, 0.717) is 6.42 Å². The average molecular weight is 290 g/mol. The molecule has 1 amide bonds. The molecule has 0 heterocycles. The molecule has 1 N–H and O–H groups in total. The summed E-state index contributed by atoms with van der Waals surface area (Å²) >= 11 is 0. The van der Waals surface area contributed by atoms with Crippen LogP contribution in [0.15, 0.2) is 29.4 Å². The van der Waals surface area contributed by atoms with Gasteiger partial charge in [0.05, 0.1) is 12.8 Å². The third kappa shape index (κ3) is 8.12. The Labute approximate surface area is 127 Å². The van der Waals surface area contributed by atoms with Crippen molar-refractivity contribution in [1.82, 2.24) is 5.43 Å². The summed E-state index contributed by atoms with van der Waals surface area (Å²) in [6.07, 6.45) is 7.49. The van der Waals surface area contributed by atoms with Gasteiger partial charge in [0.15, 0.2) is 0 Å². The van der Waals surface area contributed by atoms with E-state index in [1.54, 1.807) is 6.21 Å². The number of hydrogen-bond donors (Lipinski definition) is 1. The van der Waals surface area contributed by atoms with Gasteiger partial charge in [-0.1, -0.05) is 33.1 Å². The van der Waals surface area contributed by atoms with Crippen molar-refractivity contribution in [1.29, 1.82) is 0 Å². The van der Waals surface area contributed by atoms with E-state index in [-0.39, 0.29) is 5.91 Å². The Morgan fingerprint density at radius 3 is 2.52 bits per heavy atom. The zero-order valence-corrected chi connectivity index (χ0v) is 13.1. The minimum Gasteiger partial charge on any atom is -0.494 e. The highest BCUT2D eigenvalue weighted by Gasteiger charge is 1.98. The van der Waals surface area contributed by atoms with E-state index in [2.05, 4.69) is 24.4 Å². The van der Waals surface area contributed by atoms with Gasteiger partial charge in [-0.2, -0.15) is 5.10 Å². The SMILES string of the molecule is CCCCCC(=O)NN=Cc1ccc(OCCCC)cc1. The number of hydrogen-bond acceptors (Lipinski definition) is 3. The maximum absolute atomic E-state index is 11.5. The lowest BCUT2D eigenvalue weighted by Gasteiger charge is -2.04. The summed E-state index contributed by atoms with van der Waals surface area (Å²) in [6, 6.07) is 7.68. The van der Waals surface area contributed by atoms with Gasteiger partial charge in [0.25, 0.3) is 0 Å². The number of ether oxygens (including phenoxy) is 1. The van der Waals surface area contributed by atoms with Gasteiger partial charge < -0.3 is 4.74 Å². The van der Waals surface area contributed by atoms with Gasteiger partial charge in [0, 0.05) is 6.42 Å². The summed E-state index contributed by atoms with van der Waals surface area (Å²) in [5.41, 5.74) is 3.48. The normalized spacial score (nSPS) is 10.8. The maximum atomic E-state index is 11.5. The third-order valence-corrected chi connectivity index (χ3v) is 3.06. The third-order valence-electron chi connectivity index (χ3n) is 3.06. The van der Waals surface area contributed by atoms with Gasteiger partial charge in [-0.05, 0) is 42.7 Å². The largest absolute Gasteiger partial charge is 0.494 e. The Bertz CT molecular complexity index is 427. The van der Waals surface area contributed by atoms with Crippen LogP contribution < -0.4 is 10.2 Å². The van der Waals surface area contributed by atoms with E-state index in [9.17, 15) is 4.79 Å². The number of nitrogens with zero attached hydrogens (tertiary/aromatic N) is 1. The van der Waals surface area contributed by atoms with Crippen molar-refractivity contribution in [3.8, 4) is 5.75 Å². The lowest BCUT2D eigenvalue weighted by Crippen LogP contribution is -2.16. The fourth-order valence-corrected chi connectivity index (χ4v) is 1.75. The number of rotatable bonds is 10. The van der Waals surface area contributed by atoms with Gasteiger partial charge in [-0.25, -0.2) is 5.43 Å². The Hall–Kier alpha value is -1.84. The van der Waals surface area contributed by atoms with Crippen molar-refractivity contribution in [3.63, 3.8) is 0 Å². The van der Waals surface area contributed by atoms with Crippen molar-refractivity contribution in [3.05, 3.63) is 29.8 Å². The average Bonchev–Trinajstić information content (AvgIpc) is 2.49. The molecule has 0 aliphatic rings. The minimum atomic E-state index is -0.0285. The summed E-state index contributed by atoms with van der Waals surface area (Å²) in [5.74, 6) is 0.837. The first-order valence-electron chi connectivity index (χ1n) is 7.81. The molecule has 0 aliphatic carbocycles. The van der Waals surface area contributed by atoms with Crippen LogP contribution >= 0.6 is 0 Å². The van der Waals surface area contributed by atoms with Gasteiger partial charge in [-0.3, -0.25) is 4.79 Å². The van der Waals surface area contributed by atoms with Crippen molar-refractivity contribution < 1.29 is 9.53 Å². The van der Waals surface area contributed by atoms with Crippen LogP contribution in [0.3, 0.4) is 0 Å². The number of benzene rings is 1. The number of nitrogens with one attached hydrogen (secondary N) is 1. The molecule has 0 aliphatic heterocycles. The van der Waals surface area contributed by atoms with Crippen LogP contribution in [0.2, 0.25) is 0 Å². The number of hydrazone groups is 1. The standard InChI is InChI=1S/C17H26N2O2/c1-3-5-7-8-17(20)19-18-14-15-9-11-16(12-10-15)21-13-6-4-2/h9-12,14H,3-8,13H2,1-2H3,(H,19,20). The molecule has 21 heavy (non-hydrogen) atoms. The van der Waals surface area contributed by atoms with Gasteiger partial charge >= 0.3 is 0 Å². The Morgan fingerprint density at radius 2 is 1.86 bits per heavy atom. The van der Waals surface area contributed by atoms with Crippen LogP contribution in [-0.2, 0) is 4.79 Å². The van der Waals surface area contributed by atoms with Crippen LogP contribution in [0.1, 0.15) is 57.9 Å². The van der Waals surface area contributed by atoms with Crippen LogP contribution in [0, 0.1) is 0 Å². The second kappa shape index (κ2) is 10.9. The van der Waals surface area contributed by atoms with Crippen LogP contribution in [0.25, 0.3) is 0 Å². The first-order chi connectivity index (χ1) is 10.3. The summed E-state index contributed by atoms with van der Waals surface area (Å²) in [4.78, 5) is 11.5. The highest BCUT2D eigenvalue weighted by atomic mass is 16.5. The van der Waals surface area contributed by atoms with Crippen LogP contribution in [0.4, 0.5) is 0 Å². The second-order valence-electron chi connectivity index (χ2n) is 5.02. The molecule has 1 rings (SSSR count). The molecule has 0 bridgehead atoms. The Kier molecular flexibility index (Phi) is 8.93. The predicted octanol–water partition coefficient (Wildman–Crippen LogP) is 3.90. The predicted molar refractivity (Wildman–Crippen MR) is 86.7 cm³/mol. The number of unbranched alkanes of at least 4 members (excludes halogenated alkanes) is 3. The van der Waals surface area contributed by atoms with Crippen molar-refractivity contribution >= 4 is 12.1 Å². The second-order valence-corrected chi connectivity index (χ2v) is 5.02. The summed E-state index contributed by atoms with van der Waals surface area (Å²) in [7, 11) is 0. The molecule has 0 aromatic heterocycles. The van der Waals surface area contributed by atoms with E-state index < -0.39 is 0 Å². The van der Waals surface area contributed by atoms with Crippen LogP contribution in [-0.4, -0.2) is 18.7 Å². The molecule has 4 nitrogen and oxygen atoms in total. The van der Waals surface area contributed by atoms with Gasteiger partial charge in [0.2, 0.25) is 5.91 Å². The Balaban J connectivity index is 2.30. The van der Waals surface area contributed by atoms with Gasteiger partial charge in [-0.15, -0.1) is 0 Å². The summed E-state index contributed by atoms with van der Waals surface area (Å²) in [5, 5.41) is 3.96. The van der Waals surface area contributed by atoms with E-state index in [1.807, 2.05) is 24.3 Å². The van der Waals surface area contributed by atoms with Gasteiger partial charge in [0.1, 0.15) is 5.75 Å². The number of amides is 1. The number of carbonyl (C=O) groups is 1. The molecular weight excluding hydrogens is 264 g/mol. The van der Waals surface area contributed by atoms with Crippen molar-refractivity contribution in [2.24, 2.45) is 5.10 Å². The minimum absolute atomic E-state index is 0.0285. The molecule has 0 unspecified atom stereocenters. The molecule has 1 aromatic carbocycles. The van der Waals surface area contributed by atoms with E-state index in [4.69, 9.17) is 4.74 Å². The Morgan fingerprint density at radius 1 is 1.14 bits per heavy atom. The smallest absolute Gasteiger partial charge is 0.240 e. The molecule has 0 fully saturated rings. The molecular formula is C17H26N2O2. The fourth-order valence-electron chi connectivity index (χ4n) is 1.75. The van der Waals surface area contributed by atoms with Crippen molar-refractivity contribution in [2.75, 3.05) is 6.61 Å². The van der Waals surface area contributed by atoms with E-state index >= 15 is 0 Å². The maximum Gasteiger partial charge on any atom is 0.240 e. The number of carbonyl (C=O) groups excluding carboxylic acids is 1. The topological polar surface area (TPSA) is 50.7 Å². The first-order valence-corrected chi connectivity index (χ1v) is 7.81. The van der Waals surface area contributed by atoms with Crippen LogP contribution in [0.5, 0.6) is 5.75 Å². The monoisotopic (exact) mass is 290 g/mol. The molecule has 116 valence electrons. The fraction of sp³-hybridized carbons (Fsp3) is 0.529. The molecule has 0 spiro atoms. The molecule has 4 heteroatoms. The lowest BCUT2D eigenvalue weighted by atomic mass is 10.2. The molecule has 0 saturated heterocycles. The molecule has 0 radical (unpaired) electrons. The lowest BCUT2D eigenvalue weighted by molar-refractivity contribution is -0.121. The quantitative estimate of drug-likeness (QED) is 0.404. The molecule has 0 atom stereocenters. The molecule has 1 aromatic rings. The first kappa shape index (κ1) is 17.2. The highest BCUT2D eigenvalue weighted by Crippen LogP contribution is 2.11. The van der Waals surface area contributed by atoms with E-state index in [1.165, 1.54) is 0 Å². The van der Waals surface area contributed by atoms with Crippen molar-refractivity contribution in [2.45, 2.75) is 52.4 Å². The zero-order chi connectivity index (χ0) is 15.3. The summed E-state index contributed by atoms with van der Waals surface area (Å²) < 4.78 is 5.58. The highest BCUT2D eigenvalue weighted by molar-refractivity contribution is 5.82. The zero-order valence-electron chi connectivity index (χ0n) is 13.1.